The third-order valence-corrected chi connectivity index (χ3v) is 3.90. The molecule has 3 heteroatoms. The van der Waals surface area contributed by atoms with E-state index >= 15 is 0 Å². The van der Waals surface area contributed by atoms with Gasteiger partial charge in [-0.05, 0) is 42.3 Å². The van der Waals surface area contributed by atoms with Gasteiger partial charge in [0.25, 0.3) is 0 Å². The van der Waals surface area contributed by atoms with Crippen LogP contribution in [0.3, 0.4) is 0 Å². The lowest BCUT2D eigenvalue weighted by Crippen LogP contribution is -2.22. The molecule has 2 nitrogen and oxygen atoms in total. The Morgan fingerprint density at radius 1 is 1.11 bits per heavy atom. The maximum atomic E-state index is 4.04. The predicted molar refractivity (Wildman–Crippen MR) is 81.5 cm³/mol. The second-order valence-electron chi connectivity index (χ2n) is 4.91. The van der Waals surface area contributed by atoms with Crippen molar-refractivity contribution in [3.8, 4) is 0 Å². The Morgan fingerprint density at radius 3 is 2.47 bits per heavy atom. The molecule has 0 spiro atoms. The Bertz CT molecular complexity index is 524. The molecular weight excluding hydrogens is 252 g/mol. The summed E-state index contributed by atoms with van der Waals surface area (Å²) in [5.74, 6) is 0. The highest BCUT2D eigenvalue weighted by atomic mass is 32.2. The minimum Gasteiger partial charge on any atom is -0.310 e. The van der Waals surface area contributed by atoms with E-state index in [1.54, 1.807) is 11.8 Å². The van der Waals surface area contributed by atoms with E-state index in [-0.39, 0.29) is 0 Å². The molecule has 0 unspecified atom stereocenters. The van der Waals surface area contributed by atoms with Gasteiger partial charge in [0, 0.05) is 34.8 Å². The first-order valence-electron chi connectivity index (χ1n) is 6.56. The summed E-state index contributed by atoms with van der Waals surface area (Å²) in [6.07, 6.45) is 3.66. The Kier molecular flexibility index (Phi) is 5.00. The van der Waals surface area contributed by atoms with Crippen LogP contribution in [0.2, 0.25) is 0 Å². The standard InChI is InChI=1S/C16H20N2S/c1-12(2)18-11-14-4-5-16(10-13(14)3)19-15-6-8-17-9-7-15/h4-10,12,18H,11H2,1-3H3. The fraction of sp³-hybridized carbons (Fsp3) is 0.312. The summed E-state index contributed by atoms with van der Waals surface area (Å²) in [5.41, 5.74) is 2.71. The SMILES string of the molecule is Cc1cc(Sc2ccncc2)ccc1CNC(C)C. The molecule has 0 bridgehead atoms. The van der Waals surface area contributed by atoms with Crippen molar-refractivity contribution in [2.75, 3.05) is 0 Å². The topological polar surface area (TPSA) is 24.9 Å². The number of nitrogens with one attached hydrogen (secondary N) is 1. The van der Waals surface area contributed by atoms with Gasteiger partial charge in [-0.3, -0.25) is 4.98 Å². The summed E-state index contributed by atoms with van der Waals surface area (Å²) >= 11 is 1.77. The Labute approximate surface area is 119 Å². The third-order valence-electron chi connectivity index (χ3n) is 2.90. The molecule has 1 heterocycles. The van der Waals surface area contributed by atoms with E-state index < -0.39 is 0 Å². The second-order valence-corrected chi connectivity index (χ2v) is 6.06. The molecule has 0 aliphatic rings. The van der Waals surface area contributed by atoms with Gasteiger partial charge in [0.05, 0.1) is 0 Å². The number of rotatable bonds is 5. The molecule has 0 aliphatic heterocycles. The van der Waals surface area contributed by atoms with Crippen LogP contribution in [-0.4, -0.2) is 11.0 Å². The van der Waals surface area contributed by atoms with Gasteiger partial charge in [0.2, 0.25) is 0 Å². The van der Waals surface area contributed by atoms with Crippen molar-refractivity contribution in [1.82, 2.24) is 10.3 Å². The molecule has 0 saturated carbocycles. The zero-order valence-electron chi connectivity index (χ0n) is 11.7. The average molecular weight is 272 g/mol. The van der Waals surface area contributed by atoms with E-state index in [4.69, 9.17) is 0 Å². The lowest BCUT2D eigenvalue weighted by atomic mass is 10.1. The van der Waals surface area contributed by atoms with Crippen molar-refractivity contribution in [3.63, 3.8) is 0 Å². The summed E-state index contributed by atoms with van der Waals surface area (Å²) < 4.78 is 0. The number of pyridine rings is 1. The number of aromatic nitrogens is 1. The lowest BCUT2D eigenvalue weighted by molar-refractivity contribution is 0.587. The molecular formula is C16H20N2S. The predicted octanol–water partition coefficient (Wildman–Crippen LogP) is 4.04. The summed E-state index contributed by atoms with van der Waals surface area (Å²) in [6, 6.07) is 11.2. The van der Waals surface area contributed by atoms with Gasteiger partial charge < -0.3 is 5.32 Å². The smallest absolute Gasteiger partial charge is 0.0279 e. The summed E-state index contributed by atoms with van der Waals surface area (Å²) in [7, 11) is 0. The largest absolute Gasteiger partial charge is 0.310 e. The molecule has 0 saturated heterocycles. The zero-order chi connectivity index (χ0) is 13.7. The summed E-state index contributed by atoms with van der Waals surface area (Å²) in [4.78, 5) is 6.54. The number of hydrogen-bond acceptors (Lipinski definition) is 3. The van der Waals surface area contributed by atoms with Crippen LogP contribution in [0.5, 0.6) is 0 Å². The van der Waals surface area contributed by atoms with Crippen molar-refractivity contribution in [2.45, 2.75) is 43.1 Å². The third kappa shape index (κ3) is 4.37. The fourth-order valence-corrected chi connectivity index (χ4v) is 2.69. The van der Waals surface area contributed by atoms with E-state index in [1.165, 1.54) is 20.9 Å². The van der Waals surface area contributed by atoms with Gasteiger partial charge in [-0.15, -0.1) is 0 Å². The average Bonchev–Trinajstić information content (AvgIpc) is 2.39. The highest BCUT2D eigenvalue weighted by Gasteiger charge is 2.03. The molecule has 0 fully saturated rings. The van der Waals surface area contributed by atoms with Crippen LogP contribution in [-0.2, 0) is 6.54 Å². The fourth-order valence-electron chi connectivity index (χ4n) is 1.79. The highest BCUT2D eigenvalue weighted by Crippen LogP contribution is 2.28. The van der Waals surface area contributed by atoms with Crippen LogP contribution in [0.4, 0.5) is 0 Å². The van der Waals surface area contributed by atoms with Crippen molar-refractivity contribution in [3.05, 3.63) is 53.9 Å². The molecule has 2 aromatic rings. The van der Waals surface area contributed by atoms with Crippen LogP contribution < -0.4 is 5.32 Å². The van der Waals surface area contributed by atoms with Crippen LogP contribution in [0.25, 0.3) is 0 Å². The Balaban J connectivity index is 2.06. The highest BCUT2D eigenvalue weighted by molar-refractivity contribution is 7.99. The number of hydrogen-bond donors (Lipinski definition) is 1. The number of nitrogens with zero attached hydrogens (tertiary/aromatic N) is 1. The van der Waals surface area contributed by atoms with Crippen LogP contribution in [0, 0.1) is 6.92 Å². The molecule has 1 aromatic heterocycles. The Hall–Kier alpha value is -1.32. The van der Waals surface area contributed by atoms with Gasteiger partial charge >= 0.3 is 0 Å². The van der Waals surface area contributed by atoms with Crippen LogP contribution in [0.15, 0.2) is 52.5 Å². The van der Waals surface area contributed by atoms with Crippen LogP contribution in [0.1, 0.15) is 25.0 Å². The molecule has 0 amide bonds. The molecule has 0 aliphatic carbocycles. The van der Waals surface area contributed by atoms with Gasteiger partial charge in [-0.25, -0.2) is 0 Å². The van der Waals surface area contributed by atoms with Crippen molar-refractivity contribution < 1.29 is 0 Å². The molecule has 0 atom stereocenters. The van der Waals surface area contributed by atoms with Crippen molar-refractivity contribution in [2.24, 2.45) is 0 Å². The Morgan fingerprint density at radius 2 is 1.84 bits per heavy atom. The minimum absolute atomic E-state index is 0.519. The lowest BCUT2D eigenvalue weighted by Gasteiger charge is -2.11. The maximum Gasteiger partial charge on any atom is 0.0279 e. The first-order chi connectivity index (χ1) is 9.15. The van der Waals surface area contributed by atoms with E-state index in [0.29, 0.717) is 6.04 Å². The number of benzene rings is 1. The van der Waals surface area contributed by atoms with Gasteiger partial charge in [-0.1, -0.05) is 31.7 Å². The maximum absolute atomic E-state index is 4.04. The molecule has 100 valence electrons. The first-order valence-corrected chi connectivity index (χ1v) is 7.37. The number of aryl methyl sites for hydroxylation is 1. The quantitative estimate of drug-likeness (QED) is 0.889. The zero-order valence-corrected chi connectivity index (χ0v) is 12.5. The van der Waals surface area contributed by atoms with Gasteiger partial charge in [0.1, 0.15) is 0 Å². The normalized spacial score (nSPS) is 10.9. The summed E-state index contributed by atoms with van der Waals surface area (Å²) in [6.45, 7) is 7.45. The second kappa shape index (κ2) is 6.73. The minimum atomic E-state index is 0.519. The molecule has 1 aromatic carbocycles. The van der Waals surface area contributed by atoms with Crippen LogP contribution >= 0.6 is 11.8 Å². The molecule has 1 N–H and O–H groups in total. The monoisotopic (exact) mass is 272 g/mol. The van der Waals surface area contributed by atoms with E-state index in [0.717, 1.165) is 6.54 Å². The molecule has 0 radical (unpaired) electrons. The first kappa shape index (κ1) is 14.1. The van der Waals surface area contributed by atoms with Gasteiger partial charge in [-0.2, -0.15) is 0 Å². The summed E-state index contributed by atoms with van der Waals surface area (Å²) in [5, 5.41) is 3.46. The van der Waals surface area contributed by atoms with E-state index in [2.05, 4.69) is 49.3 Å². The van der Waals surface area contributed by atoms with Crippen molar-refractivity contribution >= 4 is 11.8 Å². The molecule has 2 rings (SSSR count). The van der Waals surface area contributed by atoms with Gasteiger partial charge in [0.15, 0.2) is 0 Å². The van der Waals surface area contributed by atoms with E-state index in [9.17, 15) is 0 Å². The van der Waals surface area contributed by atoms with E-state index in [1.807, 2.05) is 24.5 Å². The molecule has 19 heavy (non-hydrogen) atoms. The van der Waals surface area contributed by atoms with Crippen molar-refractivity contribution in [1.29, 1.82) is 0 Å².